The summed E-state index contributed by atoms with van der Waals surface area (Å²) in [5, 5.41) is 107. The van der Waals surface area contributed by atoms with Gasteiger partial charge in [0.25, 0.3) is 0 Å². The fourth-order valence-electron chi connectivity index (χ4n) is 7.96. The van der Waals surface area contributed by atoms with Gasteiger partial charge in [-0.2, -0.15) is 0 Å². The van der Waals surface area contributed by atoms with E-state index >= 15 is 0 Å². The second-order valence-corrected chi connectivity index (χ2v) is 18.0. The number of allylic oxidation sites excluding steroid dienone is 8. The maximum absolute atomic E-state index is 13.1. The van der Waals surface area contributed by atoms with Gasteiger partial charge in [-0.15, -0.1) is 0 Å². The Morgan fingerprint density at radius 2 is 1.27 bits per heavy atom. The third-order valence-electron chi connectivity index (χ3n) is 12.7. The van der Waals surface area contributed by atoms with Crippen LogP contribution in [0.3, 0.4) is 0 Å². The van der Waals surface area contributed by atoms with Crippen LogP contribution >= 0.6 is 0 Å². The standard InChI is InChI=1S/C47H76O17/c1-8-37-28(4)45(64-41-25-35(51)27(3)29(5)60-41)26(2)17-15-13-11-9-10-12-14-16-18-33(62-46-44(58)43(57)42(56)30(6)61-46)24-39(54)47(7,59)38(53)23-32(49)21-31(48)22-36(52)34(50)19-20-40(55)63-37/h9-18,26-31,33-39,41-46,48,50-54,56-59H,8,19-25H2,1-7H3/b10-9+,13-11+,14-12+,17-15+,18-16+/t26?,27-,28?,29-,30+,31+,33?,34+,35+,36+,37?,38-,39-,41-,42+,43-,44-,45?,46-,47-/m0/s1. The fourth-order valence-corrected chi connectivity index (χ4v) is 7.96. The van der Waals surface area contributed by atoms with Crippen LogP contribution in [0, 0.1) is 17.8 Å². The van der Waals surface area contributed by atoms with E-state index in [1.807, 2.05) is 52.8 Å². The van der Waals surface area contributed by atoms with Crippen LogP contribution in [0.25, 0.3) is 0 Å². The minimum atomic E-state index is -2.31. The Balaban J connectivity index is 1.89. The number of ether oxygens (including phenoxy) is 5. The molecule has 0 amide bonds. The second-order valence-electron chi connectivity index (χ2n) is 18.0. The van der Waals surface area contributed by atoms with Crippen LogP contribution in [0.4, 0.5) is 0 Å². The predicted octanol–water partition coefficient (Wildman–Crippen LogP) is 1.57. The van der Waals surface area contributed by atoms with Crippen LogP contribution in [0.2, 0.25) is 0 Å². The van der Waals surface area contributed by atoms with Gasteiger partial charge >= 0.3 is 5.97 Å². The van der Waals surface area contributed by atoms with Gasteiger partial charge in [0.2, 0.25) is 0 Å². The summed E-state index contributed by atoms with van der Waals surface area (Å²) >= 11 is 0. The number of hydrogen-bond acceptors (Lipinski definition) is 17. The van der Waals surface area contributed by atoms with E-state index in [-0.39, 0.29) is 43.1 Å². The zero-order chi connectivity index (χ0) is 47.9. The number of carbonyl (C=O) groups excluding carboxylic acids is 2. The maximum Gasteiger partial charge on any atom is 0.306 e. The van der Waals surface area contributed by atoms with E-state index in [0.717, 1.165) is 6.92 Å². The van der Waals surface area contributed by atoms with Crippen LogP contribution in [0.5, 0.6) is 0 Å². The molecule has 64 heavy (non-hydrogen) atoms. The SMILES string of the molecule is CCC1OC(=O)CC[C@@H](O)[C@H](O)C[C@H](O)CC(=O)C[C@H](O)[C@](C)(O)[C@@H](O)CC(O[C@@H]2O[C@H](C)[C@@H](O)[C@H](O)[C@@H]2O)/C=C/C=C/C=C/C=C/C=C/C(C)C(O[C@H]2C[C@@H](O)[C@@H](C)[C@H](C)O2)C1C. The molecule has 17 heteroatoms. The summed E-state index contributed by atoms with van der Waals surface area (Å²) in [5.74, 6) is -2.00. The Kier molecular flexibility index (Phi) is 23.1. The monoisotopic (exact) mass is 913 g/mol. The lowest BCUT2D eigenvalue weighted by atomic mass is 9.85. The van der Waals surface area contributed by atoms with Gasteiger partial charge in [0, 0.05) is 56.3 Å². The molecular formula is C47H76O17. The average molecular weight is 913 g/mol. The molecular weight excluding hydrogens is 836 g/mol. The average Bonchev–Trinajstić information content (AvgIpc) is 3.23. The number of ketones is 1. The Bertz CT molecular complexity index is 1550. The van der Waals surface area contributed by atoms with Gasteiger partial charge in [-0.3, -0.25) is 9.59 Å². The molecule has 2 saturated heterocycles. The predicted molar refractivity (Wildman–Crippen MR) is 234 cm³/mol. The van der Waals surface area contributed by atoms with Crippen molar-refractivity contribution >= 4 is 11.8 Å². The van der Waals surface area contributed by atoms with Crippen molar-refractivity contribution in [3.8, 4) is 0 Å². The quantitative estimate of drug-likeness (QED) is 0.175. The number of hydrogen-bond donors (Lipinski definition) is 10. The highest BCUT2D eigenvalue weighted by Crippen LogP contribution is 2.33. The summed E-state index contributed by atoms with van der Waals surface area (Å²) in [6.45, 7) is 12.1. The first-order valence-corrected chi connectivity index (χ1v) is 22.6. The Morgan fingerprint density at radius 3 is 1.88 bits per heavy atom. The zero-order valence-corrected chi connectivity index (χ0v) is 38.2. The summed E-state index contributed by atoms with van der Waals surface area (Å²) in [6, 6.07) is 0. The molecule has 0 bridgehead atoms. The molecule has 3 heterocycles. The van der Waals surface area contributed by atoms with Crippen molar-refractivity contribution in [2.45, 2.75) is 203 Å². The molecule has 2 fully saturated rings. The van der Waals surface area contributed by atoms with Crippen LogP contribution in [-0.2, 0) is 33.3 Å². The number of carbonyl (C=O) groups is 2. The van der Waals surface area contributed by atoms with Gasteiger partial charge in [-0.05, 0) is 33.6 Å². The van der Waals surface area contributed by atoms with E-state index in [1.165, 1.54) is 13.0 Å². The molecule has 0 aliphatic carbocycles. The maximum atomic E-state index is 13.1. The molecule has 366 valence electrons. The van der Waals surface area contributed by atoms with E-state index in [1.54, 1.807) is 36.5 Å². The van der Waals surface area contributed by atoms with Crippen molar-refractivity contribution in [2.75, 3.05) is 0 Å². The number of cyclic esters (lactones) is 1. The van der Waals surface area contributed by atoms with Crippen LogP contribution in [-0.4, -0.2) is 166 Å². The van der Waals surface area contributed by atoms with Crippen molar-refractivity contribution in [3.63, 3.8) is 0 Å². The van der Waals surface area contributed by atoms with Crippen molar-refractivity contribution in [1.29, 1.82) is 0 Å². The number of aliphatic hydroxyl groups excluding tert-OH is 9. The lowest BCUT2D eigenvalue weighted by molar-refractivity contribution is -0.302. The Labute approximate surface area is 377 Å². The van der Waals surface area contributed by atoms with E-state index in [2.05, 4.69) is 0 Å². The Morgan fingerprint density at radius 1 is 0.656 bits per heavy atom. The molecule has 3 rings (SSSR count). The summed E-state index contributed by atoms with van der Waals surface area (Å²) < 4.78 is 30.0. The first-order chi connectivity index (χ1) is 30.1. The first kappa shape index (κ1) is 55.6. The van der Waals surface area contributed by atoms with Gasteiger partial charge in [-0.1, -0.05) is 88.5 Å². The smallest absolute Gasteiger partial charge is 0.306 e. The summed E-state index contributed by atoms with van der Waals surface area (Å²) in [4.78, 5) is 26.0. The van der Waals surface area contributed by atoms with Crippen molar-refractivity contribution in [2.24, 2.45) is 17.8 Å². The van der Waals surface area contributed by atoms with Gasteiger partial charge in [-0.25, -0.2) is 0 Å². The van der Waals surface area contributed by atoms with Gasteiger partial charge in [0.05, 0.1) is 61.0 Å². The third kappa shape index (κ3) is 16.9. The highest BCUT2D eigenvalue weighted by molar-refractivity contribution is 5.79. The molecule has 0 saturated carbocycles. The van der Waals surface area contributed by atoms with Gasteiger partial charge in [0.15, 0.2) is 12.6 Å². The van der Waals surface area contributed by atoms with Gasteiger partial charge < -0.3 is 74.7 Å². The molecule has 0 aromatic rings. The molecule has 20 atom stereocenters. The van der Waals surface area contributed by atoms with E-state index < -0.39 is 135 Å². The largest absolute Gasteiger partial charge is 0.462 e. The number of rotatable bonds is 5. The lowest BCUT2D eigenvalue weighted by Crippen LogP contribution is -2.58. The topological polar surface area (TPSA) is 283 Å². The zero-order valence-electron chi connectivity index (χ0n) is 38.2. The van der Waals surface area contributed by atoms with E-state index in [9.17, 15) is 60.7 Å². The number of Topliss-reactive ketones (excluding diaryl/α,β-unsaturated/α-hetero) is 1. The van der Waals surface area contributed by atoms with E-state index in [0.29, 0.717) is 6.42 Å². The second kappa shape index (κ2) is 26.6. The summed E-state index contributed by atoms with van der Waals surface area (Å²) in [7, 11) is 0. The number of aliphatic hydroxyl groups is 10. The Hall–Kier alpha value is -2.72. The van der Waals surface area contributed by atoms with Crippen LogP contribution < -0.4 is 0 Å². The normalized spacial score (nSPS) is 46.2. The molecule has 10 N–H and O–H groups in total. The minimum absolute atomic E-state index is 0.0819. The first-order valence-electron chi connectivity index (χ1n) is 22.6. The minimum Gasteiger partial charge on any atom is -0.462 e. The van der Waals surface area contributed by atoms with Crippen LogP contribution in [0.15, 0.2) is 60.8 Å². The molecule has 17 nitrogen and oxygen atoms in total. The van der Waals surface area contributed by atoms with Crippen molar-refractivity contribution < 1.29 is 84.3 Å². The van der Waals surface area contributed by atoms with Crippen molar-refractivity contribution in [1.82, 2.24) is 0 Å². The summed E-state index contributed by atoms with van der Waals surface area (Å²) in [5.41, 5.74) is -2.31. The molecule has 3 aliphatic rings. The number of esters is 1. The highest BCUT2D eigenvalue weighted by Gasteiger charge is 2.45. The lowest BCUT2D eigenvalue weighted by Gasteiger charge is -2.41. The molecule has 0 aromatic heterocycles. The molecule has 0 radical (unpaired) electrons. The van der Waals surface area contributed by atoms with E-state index in [4.69, 9.17) is 23.7 Å². The van der Waals surface area contributed by atoms with Crippen LogP contribution in [0.1, 0.15) is 99.8 Å². The summed E-state index contributed by atoms with van der Waals surface area (Å²) in [6.07, 6.45) is -3.48. The molecule has 0 spiro atoms. The van der Waals surface area contributed by atoms with Crippen molar-refractivity contribution in [3.05, 3.63) is 60.8 Å². The highest BCUT2D eigenvalue weighted by atomic mass is 16.7. The molecule has 0 aromatic carbocycles. The molecule has 3 aliphatic heterocycles. The fraction of sp³-hybridized carbons (Fsp3) is 0.745. The third-order valence-corrected chi connectivity index (χ3v) is 12.7. The van der Waals surface area contributed by atoms with Gasteiger partial charge in [0.1, 0.15) is 35.8 Å². The molecule has 5 unspecified atom stereocenters.